The number of carbonyl (C=O) groups is 1. The number of aliphatic hydroxyl groups excluding tert-OH is 2. The molecular weight excluding hydrogens is 744 g/mol. The molecule has 5 rings (SSSR count). The summed E-state index contributed by atoms with van der Waals surface area (Å²) in [6.45, 7) is 28.8. The number of carboxylic acids is 1. The van der Waals surface area contributed by atoms with Gasteiger partial charge in [-0.15, -0.1) is 0 Å². The van der Waals surface area contributed by atoms with E-state index in [4.69, 9.17) is 42.9 Å². The van der Waals surface area contributed by atoms with Crippen LogP contribution in [0.25, 0.3) is 0 Å². The Bertz CT molecular complexity index is 1350. The van der Waals surface area contributed by atoms with E-state index in [9.17, 15) is 5.11 Å². The van der Waals surface area contributed by atoms with Gasteiger partial charge >= 0.3 is 72.5 Å². The number of carboxylic acid groups (broad SMARTS) is 1. The van der Waals surface area contributed by atoms with Crippen molar-refractivity contribution in [2.75, 3.05) is 0 Å². The molecular formula is C36H57B3BrKO10. The molecule has 3 saturated heterocycles. The number of halogens is 1. The molecule has 3 fully saturated rings. The van der Waals surface area contributed by atoms with Gasteiger partial charge in [0.05, 0.1) is 45.8 Å². The summed E-state index contributed by atoms with van der Waals surface area (Å²) >= 11 is 3.32. The van der Waals surface area contributed by atoms with E-state index >= 15 is 0 Å². The van der Waals surface area contributed by atoms with Gasteiger partial charge in [-0.25, -0.2) is 0 Å². The second-order valence-corrected chi connectivity index (χ2v) is 16.8. The predicted octanol–water partition coefficient (Wildman–Crippen LogP) is 2.55. The third-order valence-electron chi connectivity index (χ3n) is 10.0. The number of hydrogen-bond donors (Lipinski definition) is 2. The molecule has 2 aromatic rings. The molecule has 0 unspecified atom stereocenters. The van der Waals surface area contributed by atoms with E-state index in [1.54, 1.807) is 13.8 Å². The number of aliphatic carboxylic acids is 1. The second kappa shape index (κ2) is 18.7. The van der Waals surface area contributed by atoms with Crippen LogP contribution in [-0.4, -0.2) is 70.9 Å². The zero-order valence-electron chi connectivity index (χ0n) is 33.5. The summed E-state index contributed by atoms with van der Waals surface area (Å²) in [4.78, 5) is 8.89. The van der Waals surface area contributed by atoms with Crippen LogP contribution in [0.3, 0.4) is 0 Å². The summed E-state index contributed by atoms with van der Waals surface area (Å²) in [5, 5.41) is 27.6. The van der Waals surface area contributed by atoms with E-state index in [-0.39, 0.29) is 98.2 Å². The normalized spacial score (nSPS) is 22.5. The maximum atomic E-state index is 9.61. The minimum absolute atomic E-state index is 0. The minimum Gasteiger partial charge on any atom is -0.550 e. The molecule has 2 N–H and O–H groups in total. The average molecular weight is 801 g/mol. The van der Waals surface area contributed by atoms with Crippen molar-refractivity contribution in [3.8, 4) is 0 Å². The van der Waals surface area contributed by atoms with Gasteiger partial charge in [0.2, 0.25) is 0 Å². The van der Waals surface area contributed by atoms with Crippen LogP contribution >= 0.6 is 15.9 Å². The van der Waals surface area contributed by atoms with Crippen LogP contribution < -0.4 is 62.0 Å². The van der Waals surface area contributed by atoms with Crippen molar-refractivity contribution in [3.05, 3.63) is 64.1 Å². The first-order valence-electron chi connectivity index (χ1n) is 17.0. The molecule has 3 aliphatic heterocycles. The van der Waals surface area contributed by atoms with Crippen molar-refractivity contribution in [1.29, 1.82) is 0 Å². The molecule has 10 nitrogen and oxygen atoms in total. The Kier molecular flexibility index (Phi) is 17.9. The van der Waals surface area contributed by atoms with E-state index in [0.29, 0.717) is 0 Å². The largest absolute Gasteiger partial charge is 1.00 e. The summed E-state index contributed by atoms with van der Waals surface area (Å²) in [7, 11) is -1.32. The average Bonchev–Trinajstić information content (AvgIpc) is 3.42. The Morgan fingerprint density at radius 3 is 1.22 bits per heavy atom. The molecule has 51 heavy (non-hydrogen) atoms. The van der Waals surface area contributed by atoms with E-state index in [1.807, 2.05) is 132 Å². The second-order valence-electron chi connectivity index (χ2n) is 15.9. The Hall–Kier alpha value is -0.0988. The fourth-order valence-electron chi connectivity index (χ4n) is 4.71. The molecule has 0 bridgehead atoms. The molecule has 3 heterocycles. The van der Waals surface area contributed by atoms with Crippen LogP contribution in [0.2, 0.25) is 0 Å². The van der Waals surface area contributed by atoms with Crippen molar-refractivity contribution >= 4 is 48.5 Å². The number of aliphatic hydroxyl groups is 2. The number of hydrogen-bond acceptors (Lipinski definition) is 10. The third-order valence-corrected chi connectivity index (χ3v) is 10.5. The van der Waals surface area contributed by atoms with E-state index in [2.05, 4.69) is 15.9 Å². The molecule has 0 aliphatic carbocycles. The number of benzene rings is 2. The molecule has 2 aromatic carbocycles. The zero-order chi connectivity index (χ0) is 38.7. The van der Waals surface area contributed by atoms with Gasteiger partial charge in [-0.05, 0) is 133 Å². The van der Waals surface area contributed by atoms with Crippen LogP contribution in [0.15, 0.2) is 53.0 Å². The van der Waals surface area contributed by atoms with Crippen LogP contribution in [0, 0.1) is 0 Å². The minimum atomic E-state index is -1.08. The van der Waals surface area contributed by atoms with Crippen LogP contribution in [0.5, 0.6) is 0 Å². The van der Waals surface area contributed by atoms with E-state index in [0.717, 1.165) is 28.0 Å². The molecule has 0 spiro atoms. The van der Waals surface area contributed by atoms with E-state index in [1.165, 1.54) is 0 Å². The SMILES string of the molecule is CC(=O)[O-].CC1(C)OB(B2OC(C)(C)C(C)(C)O2)OC1(C)C.C[C@@H](O)c1cccc(B2OC(C)(C)C(C)(C)O2)c1.C[C@@H](O)c1cccc(Br)c1.[K+]. The molecule has 0 radical (unpaired) electrons. The maximum absolute atomic E-state index is 9.61. The van der Waals surface area contributed by atoms with Crippen molar-refractivity contribution in [2.24, 2.45) is 0 Å². The monoisotopic (exact) mass is 800 g/mol. The first-order valence-corrected chi connectivity index (χ1v) is 17.8. The molecule has 0 saturated carbocycles. The van der Waals surface area contributed by atoms with Gasteiger partial charge < -0.3 is 48.0 Å². The Morgan fingerprint density at radius 1 is 0.627 bits per heavy atom. The number of rotatable bonds is 4. The first kappa shape index (κ1) is 48.9. The van der Waals surface area contributed by atoms with Crippen LogP contribution in [-0.2, 0) is 32.7 Å². The fraction of sp³-hybridized carbons (Fsp3) is 0.639. The Morgan fingerprint density at radius 2 is 0.922 bits per heavy atom. The molecule has 0 aromatic heterocycles. The Balaban J connectivity index is 0.000000372. The van der Waals surface area contributed by atoms with Gasteiger partial charge in [0.25, 0.3) is 0 Å². The summed E-state index contributed by atoms with van der Waals surface area (Å²) in [5.41, 5.74) is 0.658. The zero-order valence-corrected chi connectivity index (χ0v) is 38.3. The summed E-state index contributed by atoms with van der Waals surface area (Å²) in [5.74, 6) is -1.08. The summed E-state index contributed by atoms with van der Waals surface area (Å²) < 4.78 is 36.8. The topological polar surface area (TPSA) is 136 Å². The van der Waals surface area contributed by atoms with E-state index < -0.39 is 26.1 Å². The summed E-state index contributed by atoms with van der Waals surface area (Å²) in [6.07, 6.45) is -0.857. The quantitative estimate of drug-likeness (QED) is 0.445. The van der Waals surface area contributed by atoms with Gasteiger partial charge in [-0.1, -0.05) is 52.3 Å². The van der Waals surface area contributed by atoms with Crippen LogP contribution in [0.4, 0.5) is 0 Å². The van der Waals surface area contributed by atoms with Gasteiger partial charge in [0.15, 0.2) is 0 Å². The van der Waals surface area contributed by atoms with Crippen molar-refractivity contribution < 1.29 is 99.4 Å². The van der Waals surface area contributed by atoms with Gasteiger partial charge in [-0.3, -0.25) is 0 Å². The molecule has 15 heteroatoms. The molecule has 0 amide bonds. The van der Waals surface area contributed by atoms with Crippen LogP contribution in [0.1, 0.15) is 127 Å². The smallest absolute Gasteiger partial charge is 0.550 e. The van der Waals surface area contributed by atoms with Gasteiger partial charge in [0, 0.05) is 10.4 Å². The number of carbonyl (C=O) groups excluding carboxylic acids is 1. The van der Waals surface area contributed by atoms with Crippen molar-refractivity contribution in [2.45, 2.75) is 150 Å². The molecule has 278 valence electrons. The first-order chi connectivity index (χ1) is 22.5. The van der Waals surface area contributed by atoms with Gasteiger partial charge in [-0.2, -0.15) is 0 Å². The molecule has 2 atom stereocenters. The van der Waals surface area contributed by atoms with Gasteiger partial charge in [0.1, 0.15) is 0 Å². The molecule has 3 aliphatic rings. The maximum Gasteiger partial charge on any atom is 1.00 e. The fourth-order valence-corrected chi connectivity index (χ4v) is 5.13. The predicted molar refractivity (Wildman–Crippen MR) is 200 cm³/mol. The Labute approximate surface area is 358 Å². The summed E-state index contributed by atoms with van der Waals surface area (Å²) in [6, 6.07) is 15.4. The van der Waals surface area contributed by atoms with Crippen molar-refractivity contribution in [3.63, 3.8) is 0 Å². The van der Waals surface area contributed by atoms with Crippen molar-refractivity contribution in [1.82, 2.24) is 0 Å². The third kappa shape index (κ3) is 13.3. The standard InChI is InChI=1S/C14H21BO3.C12H24B2O4.C8H9BrO.C2H4O2.K/c1-10(16)11-7-6-8-12(9-11)15-17-13(2,3)14(4,5)18-15;1-9(2)10(3,4)16-13(15-9)14-17-11(5,6)12(7,8)18-14;1-6(10)7-3-2-4-8(9)5-7;1-2(3)4;/h6-10,16H,1-5H3;1-8H3;2-6,10H,1H3;1H3,(H,3,4);/q;;;;+1/p-1/t10-;;6-;;/m1.1../s1.